The Kier molecular flexibility index (Phi) is 4.55. The summed E-state index contributed by atoms with van der Waals surface area (Å²) >= 11 is 0. The van der Waals surface area contributed by atoms with Crippen LogP contribution in [0.2, 0.25) is 0 Å². The van der Waals surface area contributed by atoms with Crippen LogP contribution in [0.1, 0.15) is 44.7 Å². The van der Waals surface area contributed by atoms with Gasteiger partial charge in [0.25, 0.3) is 0 Å². The van der Waals surface area contributed by atoms with E-state index < -0.39 is 9.84 Å². The number of rotatable bonds is 3. The molecule has 0 aliphatic heterocycles. The molecule has 0 saturated heterocycles. The summed E-state index contributed by atoms with van der Waals surface area (Å²) in [6.45, 7) is 4.59. The predicted molar refractivity (Wildman–Crippen MR) is 82.1 cm³/mol. The van der Waals surface area contributed by atoms with E-state index >= 15 is 0 Å². The van der Waals surface area contributed by atoms with Crippen LogP contribution in [0.5, 0.6) is 0 Å². The van der Waals surface area contributed by atoms with Gasteiger partial charge in [0.15, 0.2) is 9.84 Å². The standard InChI is InChI=1S/C16H25NO2S/c1-11-8-12(2)10-14(9-11)16(17)13-4-6-15(7-5-13)20(3,18)19/h4-7,11-12,14,16H,8-10,17H2,1-3H3. The number of hydrogen-bond acceptors (Lipinski definition) is 3. The van der Waals surface area contributed by atoms with E-state index in [4.69, 9.17) is 5.73 Å². The summed E-state index contributed by atoms with van der Waals surface area (Å²) in [4.78, 5) is 0.360. The Hall–Kier alpha value is -0.870. The van der Waals surface area contributed by atoms with E-state index in [2.05, 4.69) is 13.8 Å². The molecule has 0 bridgehead atoms. The summed E-state index contributed by atoms with van der Waals surface area (Å²) in [6.07, 6.45) is 4.85. The van der Waals surface area contributed by atoms with E-state index in [1.807, 2.05) is 12.1 Å². The highest BCUT2D eigenvalue weighted by atomic mass is 32.2. The van der Waals surface area contributed by atoms with Crippen LogP contribution in [-0.4, -0.2) is 14.7 Å². The first-order valence-electron chi connectivity index (χ1n) is 7.33. The first-order valence-corrected chi connectivity index (χ1v) is 9.22. The van der Waals surface area contributed by atoms with Crippen molar-refractivity contribution in [1.82, 2.24) is 0 Å². The molecule has 1 saturated carbocycles. The maximum Gasteiger partial charge on any atom is 0.175 e. The molecular formula is C16H25NO2S. The number of benzene rings is 1. The van der Waals surface area contributed by atoms with Crippen molar-refractivity contribution in [3.05, 3.63) is 29.8 Å². The summed E-state index contributed by atoms with van der Waals surface area (Å²) in [5.74, 6) is 1.95. The average molecular weight is 295 g/mol. The zero-order valence-corrected chi connectivity index (χ0v) is 13.4. The molecule has 112 valence electrons. The molecule has 2 N–H and O–H groups in total. The smallest absolute Gasteiger partial charge is 0.175 e. The lowest BCUT2D eigenvalue weighted by molar-refractivity contribution is 0.193. The van der Waals surface area contributed by atoms with Gasteiger partial charge in [0.1, 0.15) is 0 Å². The molecule has 2 rings (SSSR count). The SMILES string of the molecule is CC1CC(C)CC(C(N)c2ccc(S(C)(=O)=O)cc2)C1. The highest BCUT2D eigenvalue weighted by molar-refractivity contribution is 7.90. The quantitative estimate of drug-likeness (QED) is 0.931. The maximum absolute atomic E-state index is 11.5. The zero-order valence-electron chi connectivity index (χ0n) is 12.5. The average Bonchev–Trinajstić information content (AvgIpc) is 2.36. The van der Waals surface area contributed by atoms with E-state index in [0.29, 0.717) is 10.8 Å². The second-order valence-electron chi connectivity index (χ2n) is 6.54. The molecule has 1 aromatic rings. The van der Waals surface area contributed by atoms with Crippen LogP contribution >= 0.6 is 0 Å². The Morgan fingerprint density at radius 1 is 1.05 bits per heavy atom. The molecule has 1 aliphatic carbocycles. The van der Waals surface area contributed by atoms with Crippen LogP contribution in [0.3, 0.4) is 0 Å². The number of sulfone groups is 1. The predicted octanol–water partition coefficient (Wildman–Crippen LogP) is 3.16. The fourth-order valence-corrected chi connectivity index (χ4v) is 4.14. The Labute approximate surface area is 122 Å². The zero-order chi connectivity index (χ0) is 14.9. The van der Waals surface area contributed by atoms with Gasteiger partial charge in [-0.2, -0.15) is 0 Å². The van der Waals surface area contributed by atoms with Crippen molar-refractivity contribution >= 4 is 9.84 Å². The van der Waals surface area contributed by atoms with Gasteiger partial charge in [0.05, 0.1) is 4.90 Å². The molecule has 1 aliphatic rings. The van der Waals surface area contributed by atoms with Gasteiger partial charge in [0, 0.05) is 12.3 Å². The van der Waals surface area contributed by atoms with Gasteiger partial charge in [0.2, 0.25) is 0 Å². The molecule has 1 fully saturated rings. The monoisotopic (exact) mass is 295 g/mol. The van der Waals surface area contributed by atoms with Crippen molar-refractivity contribution in [2.45, 2.75) is 44.0 Å². The Balaban J connectivity index is 2.15. The summed E-state index contributed by atoms with van der Waals surface area (Å²) < 4.78 is 22.9. The molecule has 0 heterocycles. The molecule has 3 nitrogen and oxygen atoms in total. The van der Waals surface area contributed by atoms with Crippen molar-refractivity contribution in [2.24, 2.45) is 23.5 Å². The Morgan fingerprint density at radius 2 is 1.55 bits per heavy atom. The van der Waals surface area contributed by atoms with E-state index in [-0.39, 0.29) is 6.04 Å². The van der Waals surface area contributed by atoms with Crippen LogP contribution in [0.15, 0.2) is 29.2 Å². The van der Waals surface area contributed by atoms with Gasteiger partial charge >= 0.3 is 0 Å². The molecular weight excluding hydrogens is 270 g/mol. The highest BCUT2D eigenvalue weighted by Crippen LogP contribution is 2.38. The fraction of sp³-hybridized carbons (Fsp3) is 0.625. The second kappa shape index (κ2) is 5.86. The third-order valence-corrected chi connectivity index (χ3v) is 5.54. The minimum Gasteiger partial charge on any atom is -0.324 e. The van der Waals surface area contributed by atoms with Crippen LogP contribution in [0.4, 0.5) is 0 Å². The Bertz CT molecular complexity index is 540. The van der Waals surface area contributed by atoms with Gasteiger partial charge in [-0.1, -0.05) is 26.0 Å². The summed E-state index contributed by atoms with van der Waals surface area (Å²) in [6, 6.07) is 7.07. The molecule has 0 aromatic heterocycles. The third-order valence-electron chi connectivity index (χ3n) is 4.42. The van der Waals surface area contributed by atoms with Crippen molar-refractivity contribution in [2.75, 3.05) is 6.26 Å². The molecule has 3 atom stereocenters. The fourth-order valence-electron chi connectivity index (χ4n) is 3.51. The molecule has 20 heavy (non-hydrogen) atoms. The van der Waals surface area contributed by atoms with E-state index in [9.17, 15) is 8.42 Å². The molecule has 3 unspecified atom stereocenters. The van der Waals surface area contributed by atoms with Crippen LogP contribution < -0.4 is 5.73 Å². The van der Waals surface area contributed by atoms with Crippen molar-refractivity contribution in [3.63, 3.8) is 0 Å². The third kappa shape index (κ3) is 3.61. The van der Waals surface area contributed by atoms with Gasteiger partial charge in [-0.3, -0.25) is 0 Å². The lowest BCUT2D eigenvalue weighted by atomic mass is 9.73. The topological polar surface area (TPSA) is 60.2 Å². The second-order valence-corrected chi connectivity index (χ2v) is 8.56. The number of hydrogen-bond donors (Lipinski definition) is 1. The molecule has 4 heteroatoms. The number of nitrogens with two attached hydrogens (primary N) is 1. The van der Waals surface area contributed by atoms with Gasteiger partial charge in [-0.25, -0.2) is 8.42 Å². The largest absolute Gasteiger partial charge is 0.324 e. The lowest BCUT2D eigenvalue weighted by Crippen LogP contribution is -2.29. The minimum atomic E-state index is -3.13. The van der Waals surface area contributed by atoms with Gasteiger partial charge < -0.3 is 5.73 Å². The minimum absolute atomic E-state index is 0.00816. The van der Waals surface area contributed by atoms with Crippen molar-refractivity contribution in [3.8, 4) is 0 Å². The van der Waals surface area contributed by atoms with Crippen LogP contribution in [0.25, 0.3) is 0 Å². The summed E-state index contributed by atoms with van der Waals surface area (Å²) in [7, 11) is -3.13. The van der Waals surface area contributed by atoms with Crippen LogP contribution in [-0.2, 0) is 9.84 Å². The van der Waals surface area contributed by atoms with E-state index in [0.717, 1.165) is 17.4 Å². The highest BCUT2D eigenvalue weighted by Gasteiger charge is 2.28. The van der Waals surface area contributed by atoms with Crippen molar-refractivity contribution < 1.29 is 8.42 Å². The first-order chi connectivity index (χ1) is 9.27. The molecule has 0 amide bonds. The molecule has 0 radical (unpaired) electrons. The first kappa shape index (κ1) is 15.5. The van der Waals surface area contributed by atoms with Gasteiger partial charge in [-0.15, -0.1) is 0 Å². The normalized spacial score (nSPS) is 29.1. The van der Waals surface area contributed by atoms with E-state index in [1.54, 1.807) is 12.1 Å². The Morgan fingerprint density at radius 3 is 2.00 bits per heavy atom. The van der Waals surface area contributed by atoms with Crippen molar-refractivity contribution in [1.29, 1.82) is 0 Å². The molecule has 1 aromatic carbocycles. The van der Waals surface area contributed by atoms with Crippen LogP contribution in [0, 0.1) is 17.8 Å². The molecule has 0 spiro atoms. The summed E-state index contributed by atoms with van der Waals surface area (Å²) in [5.41, 5.74) is 7.45. The summed E-state index contributed by atoms with van der Waals surface area (Å²) in [5, 5.41) is 0. The van der Waals surface area contributed by atoms with E-state index in [1.165, 1.54) is 25.5 Å². The van der Waals surface area contributed by atoms with Gasteiger partial charge in [-0.05, 0) is 54.7 Å². The maximum atomic E-state index is 11.5. The lowest BCUT2D eigenvalue weighted by Gasteiger charge is -2.35.